The number of hydrogen-bond donors (Lipinski definition) is 0. The van der Waals surface area contributed by atoms with Crippen LogP contribution in [0.4, 0.5) is 0 Å². The van der Waals surface area contributed by atoms with E-state index in [1.54, 1.807) is 12.3 Å². The molecule has 4 heteroatoms. The fraction of sp³-hybridized carbons (Fsp3) is 0. The van der Waals surface area contributed by atoms with Crippen molar-refractivity contribution in [2.45, 2.75) is 0 Å². The minimum atomic E-state index is 0.456. The average molecular weight is 249 g/mol. The highest BCUT2D eigenvalue weighted by Gasteiger charge is 2.09. The first-order valence-corrected chi connectivity index (χ1v) is 5.51. The zero-order valence-corrected chi connectivity index (χ0v) is 9.63. The first kappa shape index (κ1) is 9.82. The Morgan fingerprint density at radius 1 is 0.938 bits per heavy atom. The van der Waals surface area contributed by atoms with E-state index in [-0.39, 0.29) is 0 Å². The van der Waals surface area contributed by atoms with Gasteiger partial charge in [-0.25, -0.2) is 9.97 Å². The summed E-state index contributed by atoms with van der Waals surface area (Å²) in [4.78, 5) is 8.41. The van der Waals surface area contributed by atoms with Crippen LogP contribution < -0.4 is 0 Å². The molecule has 0 radical (unpaired) electrons. The summed E-state index contributed by atoms with van der Waals surface area (Å²) in [5, 5.41) is 3.83. The third-order valence-electron chi connectivity index (χ3n) is 2.50. The second-order valence-corrected chi connectivity index (χ2v) is 4.20. The van der Waals surface area contributed by atoms with E-state index in [0.717, 1.165) is 16.2 Å². The summed E-state index contributed by atoms with van der Waals surface area (Å²) in [7, 11) is 0. The third-order valence-corrected chi connectivity index (χ3v) is 3.11. The molecule has 0 spiro atoms. The highest BCUT2D eigenvalue weighted by Crippen LogP contribution is 2.31. The zero-order chi connectivity index (χ0) is 11.1. The van der Waals surface area contributed by atoms with Gasteiger partial charge in [0.05, 0.1) is 5.02 Å². The van der Waals surface area contributed by atoms with E-state index in [9.17, 15) is 0 Å². The van der Waals surface area contributed by atoms with Crippen LogP contribution in [0.25, 0.3) is 21.8 Å². The summed E-state index contributed by atoms with van der Waals surface area (Å²) in [6.45, 7) is 0. The van der Waals surface area contributed by atoms with Gasteiger partial charge in [-0.1, -0.05) is 47.5 Å². The van der Waals surface area contributed by atoms with E-state index in [0.29, 0.717) is 15.8 Å². The molecule has 0 N–H and O–H groups in total. The van der Waals surface area contributed by atoms with Gasteiger partial charge in [-0.15, -0.1) is 0 Å². The normalized spacial score (nSPS) is 11.1. The Kier molecular flexibility index (Phi) is 2.20. The molecular formula is C12H6Cl2N2. The molecule has 0 saturated carbocycles. The Labute approximate surface area is 102 Å². The Bertz CT molecular complexity index is 695. The molecule has 0 aliphatic rings. The third kappa shape index (κ3) is 1.34. The molecule has 0 bridgehead atoms. The molecule has 3 rings (SSSR count). The minimum Gasteiger partial charge on any atom is -0.236 e. The van der Waals surface area contributed by atoms with Crippen LogP contribution in [0.15, 0.2) is 36.5 Å². The number of pyridine rings is 2. The highest BCUT2D eigenvalue weighted by atomic mass is 35.5. The summed E-state index contributed by atoms with van der Waals surface area (Å²) >= 11 is 12.3. The van der Waals surface area contributed by atoms with Gasteiger partial charge in [-0.3, -0.25) is 0 Å². The minimum absolute atomic E-state index is 0.456. The first-order valence-electron chi connectivity index (χ1n) is 4.76. The van der Waals surface area contributed by atoms with Gasteiger partial charge >= 0.3 is 0 Å². The topological polar surface area (TPSA) is 25.8 Å². The molecule has 2 heterocycles. The second-order valence-electron chi connectivity index (χ2n) is 3.44. The van der Waals surface area contributed by atoms with Crippen molar-refractivity contribution < 1.29 is 0 Å². The van der Waals surface area contributed by atoms with Crippen LogP contribution in [-0.4, -0.2) is 9.97 Å². The van der Waals surface area contributed by atoms with Gasteiger partial charge in [0.1, 0.15) is 5.15 Å². The molecular weight excluding hydrogens is 243 g/mol. The van der Waals surface area contributed by atoms with Crippen molar-refractivity contribution >= 4 is 45.0 Å². The van der Waals surface area contributed by atoms with E-state index < -0.39 is 0 Å². The number of aromatic nitrogens is 2. The van der Waals surface area contributed by atoms with E-state index in [1.807, 2.05) is 24.3 Å². The molecule has 2 nitrogen and oxygen atoms in total. The summed E-state index contributed by atoms with van der Waals surface area (Å²) < 4.78 is 0. The lowest BCUT2D eigenvalue weighted by atomic mass is 10.1. The molecule has 0 aliphatic heterocycles. The summed E-state index contributed by atoms with van der Waals surface area (Å²) in [5.74, 6) is 0. The van der Waals surface area contributed by atoms with Gasteiger partial charge in [0.25, 0.3) is 0 Å². The number of nitrogens with zero attached hydrogens (tertiary/aromatic N) is 2. The summed E-state index contributed by atoms with van der Waals surface area (Å²) in [6.07, 6.45) is 1.63. The maximum Gasteiger partial charge on any atom is 0.162 e. The quantitative estimate of drug-likeness (QED) is 0.443. The van der Waals surface area contributed by atoms with Gasteiger partial charge in [-0.2, -0.15) is 0 Å². The van der Waals surface area contributed by atoms with Crippen LogP contribution in [0.3, 0.4) is 0 Å². The molecule has 0 amide bonds. The van der Waals surface area contributed by atoms with Gasteiger partial charge in [0, 0.05) is 17.0 Å². The van der Waals surface area contributed by atoms with Crippen LogP contribution in [-0.2, 0) is 0 Å². The molecule has 3 aromatic rings. The van der Waals surface area contributed by atoms with Crippen molar-refractivity contribution in [1.29, 1.82) is 0 Å². The number of fused-ring (bicyclic) bond motifs is 3. The molecule has 0 saturated heterocycles. The predicted octanol–water partition coefficient (Wildman–Crippen LogP) is 4.09. The van der Waals surface area contributed by atoms with E-state index in [2.05, 4.69) is 9.97 Å². The van der Waals surface area contributed by atoms with Gasteiger partial charge < -0.3 is 0 Å². The van der Waals surface area contributed by atoms with Gasteiger partial charge in [0.15, 0.2) is 5.65 Å². The van der Waals surface area contributed by atoms with E-state index in [4.69, 9.17) is 23.2 Å². The lowest BCUT2D eigenvalue weighted by molar-refractivity contribution is 1.30. The van der Waals surface area contributed by atoms with Crippen LogP contribution in [0.1, 0.15) is 0 Å². The Morgan fingerprint density at radius 2 is 1.69 bits per heavy atom. The Morgan fingerprint density at radius 3 is 2.50 bits per heavy atom. The van der Waals surface area contributed by atoms with Crippen molar-refractivity contribution in [2.24, 2.45) is 0 Å². The number of rotatable bonds is 0. The largest absolute Gasteiger partial charge is 0.236 e. The maximum atomic E-state index is 6.17. The predicted molar refractivity (Wildman–Crippen MR) is 67.1 cm³/mol. The second kappa shape index (κ2) is 3.58. The number of halogens is 2. The van der Waals surface area contributed by atoms with Gasteiger partial charge in [-0.05, 0) is 11.5 Å². The smallest absolute Gasteiger partial charge is 0.162 e. The first-order chi connectivity index (χ1) is 7.77. The molecule has 0 unspecified atom stereocenters. The van der Waals surface area contributed by atoms with Crippen LogP contribution in [0.2, 0.25) is 10.2 Å². The lowest BCUT2D eigenvalue weighted by Crippen LogP contribution is -1.87. The summed E-state index contributed by atoms with van der Waals surface area (Å²) in [5.41, 5.74) is 0.580. The maximum absolute atomic E-state index is 6.17. The van der Waals surface area contributed by atoms with Gasteiger partial charge in [0.2, 0.25) is 0 Å². The van der Waals surface area contributed by atoms with Crippen LogP contribution in [0.5, 0.6) is 0 Å². The average Bonchev–Trinajstić information content (AvgIpc) is 2.29. The standard InChI is InChI=1S/C12H6Cl2N2/c13-9-5-6-15-12-10(9)7-3-1-2-4-8(7)11(14)16-12/h1-6H. The summed E-state index contributed by atoms with van der Waals surface area (Å²) in [6, 6.07) is 9.52. The number of benzene rings is 1. The zero-order valence-electron chi connectivity index (χ0n) is 8.11. The SMILES string of the molecule is Clc1nc2nccc(Cl)c2c2ccccc12. The fourth-order valence-corrected chi connectivity index (χ4v) is 2.28. The molecule has 78 valence electrons. The molecule has 0 atom stereocenters. The molecule has 2 aromatic heterocycles. The van der Waals surface area contributed by atoms with E-state index in [1.165, 1.54) is 0 Å². The van der Waals surface area contributed by atoms with Crippen molar-refractivity contribution in [3.05, 3.63) is 46.7 Å². The molecule has 16 heavy (non-hydrogen) atoms. The molecule has 1 aromatic carbocycles. The monoisotopic (exact) mass is 248 g/mol. The van der Waals surface area contributed by atoms with Crippen molar-refractivity contribution in [3.8, 4) is 0 Å². The number of hydrogen-bond acceptors (Lipinski definition) is 2. The van der Waals surface area contributed by atoms with Crippen molar-refractivity contribution in [2.75, 3.05) is 0 Å². The van der Waals surface area contributed by atoms with Crippen molar-refractivity contribution in [1.82, 2.24) is 9.97 Å². The highest BCUT2D eigenvalue weighted by molar-refractivity contribution is 6.40. The molecule has 0 fully saturated rings. The fourth-order valence-electron chi connectivity index (χ4n) is 1.80. The van der Waals surface area contributed by atoms with Crippen LogP contribution in [0, 0.1) is 0 Å². The van der Waals surface area contributed by atoms with Crippen LogP contribution >= 0.6 is 23.2 Å². The molecule has 0 aliphatic carbocycles. The van der Waals surface area contributed by atoms with Crippen molar-refractivity contribution in [3.63, 3.8) is 0 Å². The Hall–Kier alpha value is -1.38. The lowest BCUT2D eigenvalue weighted by Gasteiger charge is -2.05. The van der Waals surface area contributed by atoms with E-state index >= 15 is 0 Å². The Balaban J connectivity index is 2.67.